The van der Waals surface area contributed by atoms with Crippen LogP contribution >= 0.6 is 7.82 Å². The van der Waals surface area contributed by atoms with Gasteiger partial charge in [0.1, 0.15) is 6.61 Å². The first-order valence-electron chi connectivity index (χ1n) is 24.3. The number of carbonyl (C=O) groups excluding carboxylic acids is 2. The standard InChI is InChI=1S/C47H90NO9P/c1-3-5-7-8-9-10-11-12-13-14-15-16-17-18-19-20-21-22-26-29-33-37-46(49)53-41-43(42-55-58(51,52)54-40-39-48)56-47(50)38-34-30-27-24-23-25-28-32-36-45-44(57-45)35-31-6-4-2/h28,32,43-45H,3-27,29-31,33-42,48H2,1-2H3,(H,51,52)/b32-28-/t43-,44?,45?/m1/s1. The molecule has 0 amide bonds. The highest BCUT2D eigenvalue weighted by molar-refractivity contribution is 7.47. The fourth-order valence-corrected chi connectivity index (χ4v) is 8.11. The van der Waals surface area contributed by atoms with Crippen LogP contribution in [0.25, 0.3) is 0 Å². The van der Waals surface area contributed by atoms with Gasteiger partial charge in [0, 0.05) is 19.4 Å². The Morgan fingerprint density at radius 3 is 1.59 bits per heavy atom. The molecule has 0 aromatic heterocycles. The first-order valence-corrected chi connectivity index (χ1v) is 25.8. The molecule has 1 rings (SSSR count). The van der Waals surface area contributed by atoms with Crippen molar-refractivity contribution in [3.05, 3.63) is 12.2 Å². The van der Waals surface area contributed by atoms with E-state index < -0.39 is 26.5 Å². The van der Waals surface area contributed by atoms with Gasteiger partial charge in [-0.25, -0.2) is 4.57 Å². The predicted molar refractivity (Wildman–Crippen MR) is 238 cm³/mol. The Morgan fingerprint density at radius 1 is 0.603 bits per heavy atom. The van der Waals surface area contributed by atoms with Crippen LogP contribution in [-0.4, -0.2) is 61.5 Å². The molecule has 0 aliphatic carbocycles. The maximum Gasteiger partial charge on any atom is 0.472 e. The summed E-state index contributed by atoms with van der Waals surface area (Å²) in [5.41, 5.74) is 5.36. The molecule has 1 heterocycles. The highest BCUT2D eigenvalue weighted by atomic mass is 31.2. The van der Waals surface area contributed by atoms with Gasteiger partial charge in [0.05, 0.1) is 25.4 Å². The smallest absolute Gasteiger partial charge is 0.462 e. The van der Waals surface area contributed by atoms with Crippen LogP contribution in [0, 0.1) is 0 Å². The molecule has 3 N–H and O–H groups in total. The van der Waals surface area contributed by atoms with E-state index in [9.17, 15) is 19.0 Å². The fourth-order valence-electron chi connectivity index (χ4n) is 7.35. The van der Waals surface area contributed by atoms with Gasteiger partial charge in [-0.1, -0.05) is 193 Å². The second-order valence-corrected chi connectivity index (χ2v) is 18.2. The Bertz CT molecular complexity index is 1030. The lowest BCUT2D eigenvalue weighted by Gasteiger charge is -2.19. The largest absolute Gasteiger partial charge is 0.472 e. The molecule has 10 nitrogen and oxygen atoms in total. The lowest BCUT2D eigenvalue weighted by atomic mass is 10.0. The molecule has 4 atom stereocenters. The molecule has 342 valence electrons. The van der Waals surface area contributed by atoms with Crippen LogP contribution < -0.4 is 5.73 Å². The van der Waals surface area contributed by atoms with Gasteiger partial charge in [0.2, 0.25) is 0 Å². The summed E-state index contributed by atoms with van der Waals surface area (Å²) in [5.74, 6) is -0.837. The molecule has 58 heavy (non-hydrogen) atoms. The van der Waals surface area contributed by atoms with Crippen molar-refractivity contribution >= 4 is 19.8 Å². The third kappa shape index (κ3) is 36.6. The SMILES string of the molecule is CCCCCCCCCCCCCCCCCCCCCCCC(=O)OC[C@H](COP(=O)(O)OCCN)OC(=O)CCCCCCC/C=C\CC1OC1CCCCC. The van der Waals surface area contributed by atoms with Gasteiger partial charge in [0.15, 0.2) is 6.10 Å². The van der Waals surface area contributed by atoms with Crippen molar-refractivity contribution in [3.8, 4) is 0 Å². The van der Waals surface area contributed by atoms with Crippen LogP contribution in [0.3, 0.4) is 0 Å². The molecule has 0 radical (unpaired) electrons. The topological polar surface area (TPSA) is 147 Å². The Kier molecular flexibility index (Phi) is 37.6. The lowest BCUT2D eigenvalue weighted by molar-refractivity contribution is -0.161. The molecule has 1 aliphatic heterocycles. The van der Waals surface area contributed by atoms with Crippen molar-refractivity contribution in [3.63, 3.8) is 0 Å². The van der Waals surface area contributed by atoms with Gasteiger partial charge >= 0.3 is 19.8 Å². The number of hydrogen-bond acceptors (Lipinski definition) is 9. The van der Waals surface area contributed by atoms with Crippen molar-refractivity contribution in [2.45, 2.75) is 250 Å². The summed E-state index contributed by atoms with van der Waals surface area (Å²) in [4.78, 5) is 35.0. The molecule has 1 fully saturated rings. The van der Waals surface area contributed by atoms with Crippen LogP contribution in [-0.2, 0) is 37.4 Å². The summed E-state index contributed by atoms with van der Waals surface area (Å²) in [6, 6.07) is 0. The molecular weight excluding hydrogens is 753 g/mol. The van der Waals surface area contributed by atoms with Crippen LogP contribution in [0.5, 0.6) is 0 Å². The minimum atomic E-state index is -4.38. The van der Waals surface area contributed by atoms with Crippen LogP contribution in [0.2, 0.25) is 0 Å². The van der Waals surface area contributed by atoms with Crippen molar-refractivity contribution in [1.82, 2.24) is 0 Å². The Morgan fingerprint density at radius 2 is 1.07 bits per heavy atom. The molecule has 1 aliphatic rings. The van der Waals surface area contributed by atoms with Gasteiger partial charge in [-0.2, -0.15) is 0 Å². The number of unbranched alkanes of at least 4 members (excludes halogenated alkanes) is 27. The zero-order chi connectivity index (χ0) is 42.2. The van der Waals surface area contributed by atoms with E-state index in [1.165, 1.54) is 141 Å². The number of epoxide rings is 1. The molecular formula is C47H90NO9P. The number of ether oxygens (including phenoxy) is 3. The lowest BCUT2D eigenvalue weighted by Crippen LogP contribution is -2.29. The van der Waals surface area contributed by atoms with Crippen LogP contribution in [0.15, 0.2) is 12.2 Å². The first kappa shape index (κ1) is 54.7. The minimum Gasteiger partial charge on any atom is -0.462 e. The molecule has 0 saturated carbocycles. The number of nitrogens with two attached hydrogens (primary N) is 1. The summed E-state index contributed by atoms with van der Waals surface area (Å²) in [7, 11) is -4.38. The Labute approximate surface area is 355 Å². The van der Waals surface area contributed by atoms with E-state index in [2.05, 4.69) is 26.0 Å². The third-order valence-electron chi connectivity index (χ3n) is 11.1. The van der Waals surface area contributed by atoms with Gasteiger partial charge in [-0.05, 0) is 38.5 Å². The van der Waals surface area contributed by atoms with Crippen LogP contribution in [0.4, 0.5) is 0 Å². The van der Waals surface area contributed by atoms with E-state index in [0.29, 0.717) is 18.6 Å². The van der Waals surface area contributed by atoms with E-state index in [0.717, 1.165) is 57.8 Å². The van der Waals surface area contributed by atoms with Crippen molar-refractivity contribution < 1.29 is 42.3 Å². The Balaban J connectivity index is 2.10. The molecule has 0 aromatic carbocycles. The van der Waals surface area contributed by atoms with Gasteiger partial charge < -0.3 is 24.8 Å². The summed E-state index contributed by atoms with van der Waals surface area (Å²) >= 11 is 0. The van der Waals surface area contributed by atoms with Crippen LogP contribution in [0.1, 0.15) is 232 Å². The number of rotatable bonds is 45. The average Bonchev–Trinajstić information content (AvgIpc) is 3.97. The number of esters is 2. The van der Waals surface area contributed by atoms with E-state index in [4.69, 9.17) is 29.0 Å². The molecule has 3 unspecified atom stereocenters. The van der Waals surface area contributed by atoms with E-state index in [-0.39, 0.29) is 38.6 Å². The fraction of sp³-hybridized carbons (Fsp3) is 0.915. The van der Waals surface area contributed by atoms with E-state index >= 15 is 0 Å². The molecule has 0 spiro atoms. The number of carbonyl (C=O) groups is 2. The van der Waals surface area contributed by atoms with Gasteiger partial charge in [0.25, 0.3) is 0 Å². The second-order valence-electron chi connectivity index (χ2n) is 16.7. The van der Waals surface area contributed by atoms with Gasteiger partial charge in [-0.3, -0.25) is 18.6 Å². The average molecular weight is 844 g/mol. The van der Waals surface area contributed by atoms with E-state index in [1.54, 1.807) is 0 Å². The van der Waals surface area contributed by atoms with Crippen molar-refractivity contribution in [2.24, 2.45) is 5.73 Å². The summed E-state index contributed by atoms with van der Waals surface area (Å²) in [6.07, 6.45) is 44.2. The zero-order valence-electron chi connectivity index (χ0n) is 37.5. The highest BCUT2D eigenvalue weighted by Crippen LogP contribution is 2.43. The maximum absolute atomic E-state index is 12.6. The maximum atomic E-state index is 12.6. The van der Waals surface area contributed by atoms with E-state index in [1.807, 2.05) is 0 Å². The zero-order valence-corrected chi connectivity index (χ0v) is 38.4. The molecule has 0 bridgehead atoms. The summed E-state index contributed by atoms with van der Waals surface area (Å²) in [5, 5.41) is 0. The predicted octanol–water partition coefficient (Wildman–Crippen LogP) is 13.2. The molecule has 11 heteroatoms. The van der Waals surface area contributed by atoms with Gasteiger partial charge in [-0.15, -0.1) is 0 Å². The number of hydrogen-bond donors (Lipinski definition) is 2. The Hall–Kier alpha value is -1.29. The van der Waals surface area contributed by atoms with Crippen molar-refractivity contribution in [1.29, 1.82) is 0 Å². The highest BCUT2D eigenvalue weighted by Gasteiger charge is 2.36. The number of phosphoric ester groups is 1. The first-order chi connectivity index (χ1) is 28.3. The quantitative estimate of drug-likeness (QED) is 0.0200. The summed E-state index contributed by atoms with van der Waals surface area (Å²) < 4.78 is 38.6. The normalized spacial score (nSPS) is 16.8. The minimum absolute atomic E-state index is 0.0512. The molecule has 0 aromatic rings. The number of phosphoric acid groups is 1. The monoisotopic (exact) mass is 844 g/mol. The molecule has 1 saturated heterocycles. The number of allylic oxidation sites excluding steroid dienone is 1. The van der Waals surface area contributed by atoms with Crippen molar-refractivity contribution in [2.75, 3.05) is 26.4 Å². The third-order valence-corrected chi connectivity index (χ3v) is 12.1. The second kappa shape index (κ2) is 39.8. The summed E-state index contributed by atoms with van der Waals surface area (Å²) in [6.45, 7) is 3.72.